The molecule has 0 bridgehead atoms. The van der Waals surface area contributed by atoms with Crippen molar-refractivity contribution in [3.63, 3.8) is 0 Å². The molecule has 0 unspecified atom stereocenters. The van der Waals surface area contributed by atoms with E-state index in [0.29, 0.717) is 169 Å². The van der Waals surface area contributed by atoms with Crippen LogP contribution in [0, 0.1) is 0 Å². The molecular weight excluding hydrogens is 1760 g/mol. The summed E-state index contributed by atoms with van der Waals surface area (Å²) in [6.45, 7) is 20.6. The molecule has 0 aliphatic heterocycles. The van der Waals surface area contributed by atoms with Crippen LogP contribution in [0.4, 0.5) is 0 Å². The van der Waals surface area contributed by atoms with Crippen molar-refractivity contribution >= 4 is 86.2 Å². The van der Waals surface area contributed by atoms with E-state index in [0.717, 1.165) is 249 Å². The van der Waals surface area contributed by atoms with Gasteiger partial charge in [0.25, 0.3) is 0 Å². The normalized spacial score (nSPS) is 11.5. The molecule has 17 aromatic carbocycles. The maximum absolute atomic E-state index is 12.3. The van der Waals surface area contributed by atoms with Gasteiger partial charge in [-0.15, -0.1) is 0 Å². The summed E-state index contributed by atoms with van der Waals surface area (Å²) in [6.07, 6.45) is 13.0. The van der Waals surface area contributed by atoms with Crippen LogP contribution >= 0.6 is 0 Å². The van der Waals surface area contributed by atoms with Gasteiger partial charge < -0.3 is 76.2 Å². The van der Waals surface area contributed by atoms with E-state index < -0.39 is 0 Å². The second kappa shape index (κ2) is 46.1. The summed E-state index contributed by atoms with van der Waals surface area (Å²) in [5, 5.41) is 26.1. The molecule has 0 aliphatic rings. The fourth-order valence-electron chi connectivity index (χ4n) is 20.1. The van der Waals surface area contributed by atoms with Crippen LogP contribution in [0.25, 0.3) is 164 Å². The molecule has 0 saturated heterocycles. The molecule has 0 saturated carbocycles. The molecule has 16 nitrogen and oxygen atoms in total. The first-order valence-electron chi connectivity index (χ1n) is 50.8. The SMILES string of the molecule is CCCCOc1c(O)cc2ccccc2c1-c1c(OCCCC)c(OC)c(-c2c(OC)c(OCCCC)c(-c3c(OCCCC)c(OC)c(-c4c(OC)c(OCCCC)c(-c5c(OCCCC)c(OC)c(-c6c(OC)c(OCCCC)c(-c7c(OCCCC)c(OCc8ccccc8)cc8ccccc78)c7ccccc67)c6ccccc56)c5ccccc45)c4ccccc34)c3ccccc23)c2ccccc12. The number of phenolic OH excluding ortho intramolecular Hbond substituents is 1. The molecule has 1 N–H and O–H groups in total. The van der Waals surface area contributed by atoms with E-state index in [4.69, 9.17) is 71.1 Å². The Morgan fingerprint density at radius 1 is 0.177 bits per heavy atom. The summed E-state index contributed by atoms with van der Waals surface area (Å²) >= 11 is 0. The number of benzene rings is 17. The molecule has 0 heterocycles. The summed E-state index contributed by atoms with van der Waals surface area (Å²) in [4.78, 5) is 0. The molecule has 0 aromatic heterocycles. The molecule has 16 heteroatoms. The minimum absolute atomic E-state index is 0.0290. The molecule has 141 heavy (non-hydrogen) atoms. The monoisotopic (exact) mass is 1890 g/mol. The van der Waals surface area contributed by atoms with Crippen LogP contribution in [-0.2, 0) is 6.61 Å². The Labute approximate surface area is 829 Å². The molecule has 0 fully saturated rings. The zero-order valence-electron chi connectivity index (χ0n) is 84.3. The summed E-state index contributed by atoms with van der Waals surface area (Å²) in [7, 11) is 10.4. The largest absolute Gasteiger partial charge is 0.504 e. The second-order valence-corrected chi connectivity index (χ2v) is 36.0. The number of rotatable bonds is 48. The average molecular weight is 1890 g/mol. The van der Waals surface area contributed by atoms with Crippen molar-refractivity contribution in [2.24, 2.45) is 0 Å². The Balaban J connectivity index is 0.957. The van der Waals surface area contributed by atoms with Crippen molar-refractivity contribution in [3.05, 3.63) is 242 Å². The Kier molecular flexibility index (Phi) is 32.1. The number of unbranched alkanes of at least 4 members (excludes halogenated alkanes) is 8. The molecule has 17 aromatic rings. The van der Waals surface area contributed by atoms with Gasteiger partial charge in [-0.25, -0.2) is 0 Å². The molecule has 17 rings (SSSR count). The van der Waals surface area contributed by atoms with Crippen molar-refractivity contribution in [2.45, 2.75) is 165 Å². The zero-order chi connectivity index (χ0) is 98.0. The summed E-state index contributed by atoms with van der Waals surface area (Å²) in [5.41, 5.74) is 11.4. The van der Waals surface area contributed by atoms with Gasteiger partial charge in [0.15, 0.2) is 92.0 Å². The smallest absolute Gasteiger partial charge is 0.170 e. The van der Waals surface area contributed by atoms with Gasteiger partial charge in [0, 0.05) is 77.9 Å². The highest BCUT2D eigenvalue weighted by Gasteiger charge is 2.41. The molecule has 0 radical (unpaired) electrons. The lowest BCUT2D eigenvalue weighted by Crippen LogP contribution is -2.09. The number of aromatic hydroxyl groups is 1. The van der Waals surface area contributed by atoms with Crippen molar-refractivity contribution in [1.82, 2.24) is 0 Å². The third-order valence-corrected chi connectivity index (χ3v) is 26.9. The van der Waals surface area contributed by atoms with E-state index in [2.05, 4.69) is 250 Å². The van der Waals surface area contributed by atoms with E-state index in [9.17, 15) is 5.11 Å². The van der Waals surface area contributed by atoms with Gasteiger partial charge in [0.1, 0.15) is 6.61 Å². The first-order chi connectivity index (χ1) is 69.5. The second-order valence-electron chi connectivity index (χ2n) is 36.0. The van der Waals surface area contributed by atoms with E-state index in [1.54, 1.807) is 48.7 Å². The lowest BCUT2D eigenvalue weighted by molar-refractivity contribution is 0.260. The maximum Gasteiger partial charge on any atom is 0.170 e. The van der Waals surface area contributed by atoms with E-state index in [1.165, 1.54) is 0 Å². The van der Waals surface area contributed by atoms with Gasteiger partial charge in [-0.3, -0.25) is 0 Å². The number of methoxy groups -OCH3 is 6. The number of ether oxygens (including phenoxy) is 15. The quantitative estimate of drug-likeness (QED) is 0.0359. The molecule has 0 amide bonds. The number of phenols is 1. The first-order valence-corrected chi connectivity index (χ1v) is 50.8. The summed E-state index contributed by atoms with van der Waals surface area (Å²) < 4.78 is 109. The zero-order valence-corrected chi connectivity index (χ0v) is 84.3. The maximum atomic E-state index is 12.3. The third kappa shape index (κ3) is 18.9. The number of hydrogen-bond acceptors (Lipinski definition) is 16. The number of hydrogen-bond donors (Lipinski definition) is 1. The topological polar surface area (TPSA) is 159 Å². The average Bonchev–Trinajstić information content (AvgIpc) is 0.696. The van der Waals surface area contributed by atoms with Crippen molar-refractivity contribution in [3.8, 4) is 170 Å². The van der Waals surface area contributed by atoms with E-state index in [-0.39, 0.29) is 5.75 Å². The summed E-state index contributed by atoms with van der Waals surface area (Å²) in [6, 6.07) is 81.9. The Morgan fingerprint density at radius 2 is 0.355 bits per heavy atom. The van der Waals surface area contributed by atoms with Crippen LogP contribution in [0.5, 0.6) is 92.0 Å². The minimum Gasteiger partial charge on any atom is -0.504 e. The molecule has 0 aliphatic carbocycles. The van der Waals surface area contributed by atoms with Gasteiger partial charge in [0.2, 0.25) is 0 Å². The lowest BCUT2D eigenvalue weighted by Gasteiger charge is -2.29. The van der Waals surface area contributed by atoms with Crippen LogP contribution in [0.15, 0.2) is 237 Å². The fourth-order valence-corrected chi connectivity index (χ4v) is 20.1. The van der Waals surface area contributed by atoms with Crippen molar-refractivity contribution in [2.75, 3.05) is 95.5 Å². The Hall–Kier alpha value is -14.4. The fraction of sp³-hybridized carbons (Fsp3) is 0.312. The van der Waals surface area contributed by atoms with Crippen molar-refractivity contribution in [1.29, 1.82) is 0 Å². The lowest BCUT2D eigenvalue weighted by atomic mass is 9.81. The van der Waals surface area contributed by atoms with Crippen LogP contribution in [0.3, 0.4) is 0 Å². The Morgan fingerprint density at radius 3 is 0.582 bits per heavy atom. The highest BCUT2D eigenvalue weighted by Crippen LogP contribution is 2.67. The van der Waals surface area contributed by atoms with Gasteiger partial charge in [-0.2, -0.15) is 0 Å². The Bertz CT molecular complexity index is 7240. The van der Waals surface area contributed by atoms with Crippen LogP contribution in [0.1, 0.15) is 164 Å². The highest BCUT2D eigenvalue weighted by molar-refractivity contribution is 6.28. The van der Waals surface area contributed by atoms with Gasteiger partial charge in [0.05, 0.1) is 95.5 Å². The predicted octanol–water partition coefficient (Wildman–Crippen LogP) is 33.3. The molecule has 0 spiro atoms. The van der Waals surface area contributed by atoms with E-state index >= 15 is 0 Å². The molecule has 728 valence electrons. The number of fused-ring (bicyclic) bond motifs is 8. The van der Waals surface area contributed by atoms with Gasteiger partial charge >= 0.3 is 0 Å². The molecular formula is C125H132O16. The predicted molar refractivity (Wildman–Crippen MR) is 580 cm³/mol. The standard InChI is InChI=1S/C125H132O16/c1-15-23-68-133-112-96(126)76-80-52-34-36-54-82(80)98(112)106-90-62-44-38-56-84(90)100(114(127-9)120(106)135-70-25-17-3)102-86-58-40-46-64-92(86)108(122(116(102)129-11)137-72-27-19-5)110-94-66-48-42-60-88(94)104(118(131-13)124(110)139-74-29-21-7)105-89-61-43-49-67-95(89)111(125(119(105)132-14)140-75-30-22-8)109-93-65-47-41-59-87(93)103(117(130-12)123(109)138-73-28-20-6)101-85-57-39-45-63-91(85)107(121(115(101)128-10)136-71-26-18-4)99-83-55-37-35-53-81(83)77-97(113(99)134-69-24-16-2)141-78-79-50-32-31-33-51-79/h31-67,76-77,126H,15-30,68-75,78H2,1-14H3. The van der Waals surface area contributed by atoms with Crippen LogP contribution in [-0.4, -0.2) is 101 Å². The van der Waals surface area contributed by atoms with Gasteiger partial charge in [-0.1, -0.05) is 331 Å². The van der Waals surface area contributed by atoms with Crippen molar-refractivity contribution < 1.29 is 76.2 Å². The van der Waals surface area contributed by atoms with Gasteiger partial charge in [-0.05, 0) is 155 Å². The highest BCUT2D eigenvalue weighted by atomic mass is 16.5. The third-order valence-electron chi connectivity index (χ3n) is 26.9. The first kappa shape index (κ1) is 98.2. The molecule has 0 atom stereocenters. The van der Waals surface area contributed by atoms with E-state index in [1.807, 2.05) is 36.4 Å². The summed E-state index contributed by atoms with van der Waals surface area (Å²) in [5.74, 6) is 7.49. The van der Waals surface area contributed by atoms with Crippen LogP contribution in [0.2, 0.25) is 0 Å². The minimum atomic E-state index is 0.0290. The van der Waals surface area contributed by atoms with Crippen LogP contribution < -0.4 is 71.1 Å².